The molecule has 5 heteroatoms. The fourth-order valence-corrected chi connectivity index (χ4v) is 3.03. The minimum Gasteiger partial charge on any atom is -0.464 e. The van der Waals surface area contributed by atoms with Crippen LogP contribution in [0.3, 0.4) is 0 Å². The van der Waals surface area contributed by atoms with E-state index in [-0.39, 0.29) is 5.91 Å². The molecule has 3 rings (SSSR count). The number of ether oxygens (including phenoxy) is 1. The smallest absolute Gasteiger partial charge is 0.242 e. The molecule has 2 N–H and O–H groups in total. The number of carbonyl (C=O) groups is 1. The second-order valence-corrected chi connectivity index (χ2v) is 6.55. The van der Waals surface area contributed by atoms with Gasteiger partial charge in [-0.1, -0.05) is 6.92 Å². The minimum atomic E-state index is -0.784. The molecule has 0 aromatic carbocycles. The molecule has 1 aromatic heterocycles. The molecule has 0 bridgehead atoms. The lowest BCUT2D eigenvalue weighted by Crippen LogP contribution is -2.57. The highest BCUT2D eigenvalue weighted by molar-refractivity contribution is 5.86. The molecular weight excluding hydrogens is 268 g/mol. The van der Waals surface area contributed by atoms with E-state index in [0.717, 1.165) is 17.4 Å². The number of likely N-dealkylation sites (N-methyl/N-ethyl adjacent to an activating group) is 1. The zero-order chi connectivity index (χ0) is 15.0. The molecule has 1 aliphatic carbocycles. The summed E-state index contributed by atoms with van der Waals surface area (Å²) >= 11 is 0. The standard InChI is InChI=1S/C16H24N2O3/c1-11-9-13(11)14-4-3-12(21-14)10-18(2)15(19)16(17)5-7-20-8-6-16/h3-4,11,13H,5-10,17H2,1-2H3. The van der Waals surface area contributed by atoms with Gasteiger partial charge in [0.15, 0.2) is 0 Å². The van der Waals surface area contributed by atoms with E-state index in [1.807, 2.05) is 12.1 Å². The molecule has 2 atom stereocenters. The van der Waals surface area contributed by atoms with Gasteiger partial charge in [-0.3, -0.25) is 4.79 Å². The van der Waals surface area contributed by atoms with Crippen molar-refractivity contribution in [3.05, 3.63) is 23.7 Å². The lowest BCUT2D eigenvalue weighted by Gasteiger charge is -2.35. The van der Waals surface area contributed by atoms with Crippen molar-refractivity contribution < 1.29 is 13.9 Å². The molecular formula is C16H24N2O3. The van der Waals surface area contributed by atoms with Gasteiger partial charge in [-0.2, -0.15) is 0 Å². The molecule has 0 radical (unpaired) electrons. The molecule has 1 amide bonds. The first kappa shape index (κ1) is 14.6. The number of hydrogen-bond acceptors (Lipinski definition) is 4. The van der Waals surface area contributed by atoms with Crippen molar-refractivity contribution in [1.29, 1.82) is 0 Å². The molecule has 2 unspecified atom stereocenters. The van der Waals surface area contributed by atoms with Gasteiger partial charge in [-0.05, 0) is 37.3 Å². The summed E-state index contributed by atoms with van der Waals surface area (Å²) in [7, 11) is 1.79. The lowest BCUT2D eigenvalue weighted by atomic mass is 9.90. The molecule has 5 nitrogen and oxygen atoms in total. The SMILES string of the molecule is CC1CC1c1ccc(CN(C)C(=O)C2(N)CCOCC2)o1. The molecule has 2 fully saturated rings. The second kappa shape index (κ2) is 5.46. The third-order valence-corrected chi connectivity index (χ3v) is 4.71. The van der Waals surface area contributed by atoms with E-state index in [1.54, 1.807) is 11.9 Å². The predicted molar refractivity (Wildman–Crippen MR) is 78.7 cm³/mol. The summed E-state index contributed by atoms with van der Waals surface area (Å²) in [6, 6.07) is 4.01. The second-order valence-electron chi connectivity index (χ2n) is 6.55. The van der Waals surface area contributed by atoms with Crippen molar-refractivity contribution in [2.24, 2.45) is 11.7 Å². The Bertz CT molecular complexity index is 519. The highest BCUT2D eigenvalue weighted by Gasteiger charge is 2.39. The summed E-state index contributed by atoms with van der Waals surface area (Å²) < 4.78 is 11.2. The van der Waals surface area contributed by atoms with Crippen LogP contribution in [-0.2, 0) is 16.1 Å². The Labute approximate surface area is 125 Å². The quantitative estimate of drug-likeness (QED) is 0.920. The third kappa shape index (κ3) is 2.99. The van der Waals surface area contributed by atoms with Crippen LogP contribution in [0.25, 0.3) is 0 Å². The molecule has 1 saturated heterocycles. The number of nitrogens with two attached hydrogens (primary N) is 1. The summed E-state index contributed by atoms with van der Waals surface area (Å²) in [5.41, 5.74) is 5.45. The van der Waals surface area contributed by atoms with Gasteiger partial charge in [-0.15, -0.1) is 0 Å². The third-order valence-electron chi connectivity index (χ3n) is 4.71. The monoisotopic (exact) mass is 292 g/mol. The van der Waals surface area contributed by atoms with Crippen molar-refractivity contribution in [2.75, 3.05) is 20.3 Å². The van der Waals surface area contributed by atoms with Gasteiger partial charge >= 0.3 is 0 Å². The highest BCUT2D eigenvalue weighted by Crippen LogP contribution is 2.47. The van der Waals surface area contributed by atoms with Crippen LogP contribution in [0.2, 0.25) is 0 Å². The summed E-state index contributed by atoms with van der Waals surface area (Å²) in [6.45, 7) is 3.81. The van der Waals surface area contributed by atoms with E-state index >= 15 is 0 Å². The van der Waals surface area contributed by atoms with Gasteiger partial charge in [-0.25, -0.2) is 0 Å². The zero-order valence-electron chi connectivity index (χ0n) is 12.8. The van der Waals surface area contributed by atoms with Gasteiger partial charge in [0.1, 0.15) is 11.5 Å². The average molecular weight is 292 g/mol. The Hall–Kier alpha value is -1.33. The molecule has 21 heavy (non-hydrogen) atoms. The van der Waals surface area contributed by atoms with Gasteiger partial charge in [0.25, 0.3) is 0 Å². The number of furan rings is 1. The molecule has 116 valence electrons. The van der Waals surface area contributed by atoms with Crippen LogP contribution < -0.4 is 5.73 Å². The number of rotatable bonds is 4. The van der Waals surface area contributed by atoms with Crippen molar-refractivity contribution in [2.45, 2.75) is 44.2 Å². The largest absolute Gasteiger partial charge is 0.464 e. The maximum atomic E-state index is 12.5. The van der Waals surface area contributed by atoms with E-state index < -0.39 is 5.54 Å². The molecule has 1 saturated carbocycles. The first-order valence-electron chi connectivity index (χ1n) is 7.70. The molecule has 2 aliphatic rings. The Kier molecular flexibility index (Phi) is 3.80. The van der Waals surface area contributed by atoms with Gasteiger partial charge < -0.3 is 19.8 Å². The fourth-order valence-electron chi connectivity index (χ4n) is 3.03. The summed E-state index contributed by atoms with van der Waals surface area (Å²) in [5.74, 6) is 3.14. The van der Waals surface area contributed by atoms with Crippen LogP contribution in [0.5, 0.6) is 0 Å². The maximum absolute atomic E-state index is 12.5. The van der Waals surface area contributed by atoms with Crippen LogP contribution in [0.1, 0.15) is 43.6 Å². The van der Waals surface area contributed by atoms with Crippen molar-refractivity contribution in [1.82, 2.24) is 4.90 Å². The van der Waals surface area contributed by atoms with E-state index in [4.69, 9.17) is 14.9 Å². The van der Waals surface area contributed by atoms with Crippen LogP contribution >= 0.6 is 0 Å². The van der Waals surface area contributed by atoms with Gasteiger partial charge in [0, 0.05) is 26.2 Å². The fraction of sp³-hybridized carbons (Fsp3) is 0.688. The van der Waals surface area contributed by atoms with Crippen LogP contribution in [0.4, 0.5) is 0 Å². The molecule has 1 aliphatic heterocycles. The Balaban J connectivity index is 1.61. The average Bonchev–Trinajstić information content (AvgIpc) is 3.01. The van der Waals surface area contributed by atoms with E-state index in [0.29, 0.717) is 38.5 Å². The van der Waals surface area contributed by atoms with E-state index in [2.05, 4.69) is 6.92 Å². The maximum Gasteiger partial charge on any atom is 0.242 e. The van der Waals surface area contributed by atoms with Crippen molar-refractivity contribution in [3.63, 3.8) is 0 Å². The minimum absolute atomic E-state index is 0.0245. The summed E-state index contributed by atoms with van der Waals surface area (Å²) in [6.07, 6.45) is 2.37. The number of amides is 1. The topological polar surface area (TPSA) is 68.7 Å². The van der Waals surface area contributed by atoms with Crippen LogP contribution in [-0.4, -0.2) is 36.6 Å². The summed E-state index contributed by atoms with van der Waals surface area (Å²) in [4.78, 5) is 14.2. The zero-order valence-corrected chi connectivity index (χ0v) is 12.8. The van der Waals surface area contributed by atoms with Crippen molar-refractivity contribution >= 4 is 5.91 Å². The van der Waals surface area contributed by atoms with E-state index in [9.17, 15) is 4.79 Å². The van der Waals surface area contributed by atoms with Gasteiger partial charge in [0.05, 0.1) is 12.1 Å². The highest BCUT2D eigenvalue weighted by atomic mass is 16.5. The summed E-state index contributed by atoms with van der Waals surface area (Å²) in [5, 5.41) is 0. The number of hydrogen-bond donors (Lipinski definition) is 1. The molecule has 2 heterocycles. The van der Waals surface area contributed by atoms with Crippen molar-refractivity contribution in [3.8, 4) is 0 Å². The molecule has 1 aromatic rings. The first-order chi connectivity index (χ1) is 9.99. The number of carbonyl (C=O) groups excluding carboxylic acids is 1. The van der Waals surface area contributed by atoms with E-state index in [1.165, 1.54) is 6.42 Å². The first-order valence-corrected chi connectivity index (χ1v) is 7.70. The Morgan fingerprint density at radius 3 is 2.71 bits per heavy atom. The lowest BCUT2D eigenvalue weighted by molar-refractivity contribution is -0.140. The Morgan fingerprint density at radius 1 is 1.43 bits per heavy atom. The number of nitrogens with zero attached hydrogens (tertiary/aromatic N) is 1. The molecule has 0 spiro atoms. The normalized spacial score (nSPS) is 27.4. The van der Waals surface area contributed by atoms with Crippen LogP contribution in [0, 0.1) is 5.92 Å². The van der Waals surface area contributed by atoms with Gasteiger partial charge in [0.2, 0.25) is 5.91 Å². The predicted octanol–water partition coefficient (Wildman–Crippen LogP) is 1.87. The Morgan fingerprint density at radius 2 is 2.10 bits per heavy atom. The van der Waals surface area contributed by atoms with Crippen LogP contribution in [0.15, 0.2) is 16.5 Å².